The fourth-order valence-electron chi connectivity index (χ4n) is 1.39. The molecule has 2 rings (SSSR count). The average Bonchev–Trinajstić information content (AvgIpc) is 2.31. The first-order valence-corrected chi connectivity index (χ1v) is 5.69. The summed E-state index contributed by atoms with van der Waals surface area (Å²) in [6.07, 6.45) is 0. The van der Waals surface area contributed by atoms with E-state index in [9.17, 15) is 0 Å². The minimum absolute atomic E-state index is 0.606. The van der Waals surface area contributed by atoms with Crippen LogP contribution >= 0.6 is 12.6 Å². The SMILES string of the molecule is SCNc1cccc(Oc2ccccc2)c1. The molecule has 0 saturated carbocycles. The molecule has 0 radical (unpaired) electrons. The maximum Gasteiger partial charge on any atom is 0.129 e. The molecule has 0 aliphatic heterocycles. The van der Waals surface area contributed by atoms with Gasteiger partial charge in [-0.25, -0.2) is 0 Å². The molecule has 1 N–H and O–H groups in total. The van der Waals surface area contributed by atoms with E-state index in [1.54, 1.807) is 0 Å². The van der Waals surface area contributed by atoms with E-state index in [1.165, 1.54) is 0 Å². The summed E-state index contributed by atoms with van der Waals surface area (Å²) in [4.78, 5) is 0. The van der Waals surface area contributed by atoms with Crippen molar-refractivity contribution in [3.8, 4) is 11.5 Å². The Kier molecular flexibility index (Phi) is 3.72. The largest absolute Gasteiger partial charge is 0.457 e. The van der Waals surface area contributed by atoms with Crippen molar-refractivity contribution < 1.29 is 4.74 Å². The summed E-state index contributed by atoms with van der Waals surface area (Å²) in [5, 5.41) is 3.12. The first-order valence-electron chi connectivity index (χ1n) is 5.06. The standard InChI is InChI=1S/C13H13NOS/c16-10-14-11-5-4-8-13(9-11)15-12-6-2-1-3-7-12/h1-9,14,16H,10H2. The Hall–Kier alpha value is -1.61. The number of ether oxygens (including phenoxy) is 1. The van der Waals surface area contributed by atoms with Gasteiger partial charge in [-0.15, -0.1) is 0 Å². The molecule has 0 bridgehead atoms. The molecular formula is C13H13NOS. The fourth-order valence-corrected chi connectivity index (χ4v) is 1.57. The third-order valence-electron chi connectivity index (χ3n) is 2.10. The normalized spacial score (nSPS) is 9.81. The monoisotopic (exact) mass is 231 g/mol. The molecule has 0 amide bonds. The molecule has 16 heavy (non-hydrogen) atoms. The van der Waals surface area contributed by atoms with Crippen LogP contribution in [0, 0.1) is 0 Å². The van der Waals surface area contributed by atoms with Crippen LogP contribution in [0.15, 0.2) is 54.6 Å². The van der Waals surface area contributed by atoms with E-state index in [-0.39, 0.29) is 0 Å². The smallest absolute Gasteiger partial charge is 0.129 e. The molecule has 2 nitrogen and oxygen atoms in total. The average molecular weight is 231 g/mol. The molecule has 3 heteroatoms. The molecule has 0 saturated heterocycles. The van der Waals surface area contributed by atoms with Crippen LogP contribution in [-0.4, -0.2) is 5.88 Å². The van der Waals surface area contributed by atoms with Gasteiger partial charge in [-0.3, -0.25) is 0 Å². The quantitative estimate of drug-likeness (QED) is 0.617. The topological polar surface area (TPSA) is 21.3 Å². The number of para-hydroxylation sites is 1. The van der Waals surface area contributed by atoms with Gasteiger partial charge in [0.05, 0.1) is 5.88 Å². The number of anilines is 1. The second kappa shape index (κ2) is 5.47. The summed E-state index contributed by atoms with van der Waals surface area (Å²) in [6.45, 7) is 0. The number of hydrogen-bond donors (Lipinski definition) is 2. The molecule has 2 aromatic carbocycles. The van der Waals surface area contributed by atoms with Crippen molar-refractivity contribution in [1.29, 1.82) is 0 Å². The highest BCUT2D eigenvalue weighted by Gasteiger charge is 1.97. The third-order valence-corrected chi connectivity index (χ3v) is 2.25. The lowest BCUT2D eigenvalue weighted by Gasteiger charge is -2.07. The predicted octanol–water partition coefficient (Wildman–Crippen LogP) is 3.78. The molecular weight excluding hydrogens is 218 g/mol. The molecule has 2 aromatic rings. The highest BCUT2D eigenvalue weighted by molar-refractivity contribution is 7.80. The van der Waals surface area contributed by atoms with Gasteiger partial charge < -0.3 is 10.1 Å². The summed E-state index contributed by atoms with van der Waals surface area (Å²) in [7, 11) is 0. The Morgan fingerprint density at radius 3 is 2.44 bits per heavy atom. The van der Waals surface area contributed by atoms with E-state index in [1.807, 2.05) is 54.6 Å². The van der Waals surface area contributed by atoms with Crippen LogP contribution in [0.25, 0.3) is 0 Å². The summed E-state index contributed by atoms with van der Waals surface area (Å²) < 4.78 is 5.70. The van der Waals surface area contributed by atoms with E-state index < -0.39 is 0 Å². The van der Waals surface area contributed by atoms with Crippen molar-refractivity contribution in [2.45, 2.75) is 0 Å². The maximum absolute atomic E-state index is 5.70. The van der Waals surface area contributed by atoms with Gasteiger partial charge >= 0.3 is 0 Å². The van der Waals surface area contributed by atoms with Crippen molar-refractivity contribution in [1.82, 2.24) is 0 Å². The van der Waals surface area contributed by atoms with Crippen molar-refractivity contribution in [3.05, 3.63) is 54.6 Å². The molecule has 0 aliphatic rings. The Labute approximate surface area is 101 Å². The van der Waals surface area contributed by atoms with Crippen LogP contribution in [0.2, 0.25) is 0 Å². The molecule has 0 fully saturated rings. The predicted molar refractivity (Wildman–Crippen MR) is 70.4 cm³/mol. The van der Waals surface area contributed by atoms with Gasteiger partial charge in [0.2, 0.25) is 0 Å². The zero-order valence-electron chi connectivity index (χ0n) is 8.76. The van der Waals surface area contributed by atoms with Gasteiger partial charge in [-0.1, -0.05) is 24.3 Å². The van der Waals surface area contributed by atoms with Crippen LogP contribution in [0.5, 0.6) is 11.5 Å². The van der Waals surface area contributed by atoms with E-state index in [0.29, 0.717) is 5.88 Å². The van der Waals surface area contributed by atoms with Crippen LogP contribution in [0.4, 0.5) is 5.69 Å². The molecule has 82 valence electrons. The number of rotatable bonds is 4. The molecule has 0 aromatic heterocycles. The molecule has 0 aliphatic carbocycles. The van der Waals surface area contributed by atoms with E-state index in [2.05, 4.69) is 17.9 Å². The lowest BCUT2D eigenvalue weighted by Crippen LogP contribution is -1.94. The number of benzene rings is 2. The summed E-state index contributed by atoms with van der Waals surface area (Å²) in [5.41, 5.74) is 1.00. The first kappa shape index (κ1) is 10.9. The second-order valence-corrected chi connectivity index (χ2v) is 3.59. The van der Waals surface area contributed by atoms with Crippen molar-refractivity contribution in [3.63, 3.8) is 0 Å². The summed E-state index contributed by atoms with van der Waals surface area (Å²) in [6, 6.07) is 17.5. The number of nitrogens with one attached hydrogen (secondary N) is 1. The van der Waals surface area contributed by atoms with Crippen LogP contribution < -0.4 is 10.1 Å². The number of thiol groups is 1. The first-order chi connectivity index (χ1) is 7.88. The minimum Gasteiger partial charge on any atom is -0.457 e. The summed E-state index contributed by atoms with van der Waals surface area (Å²) in [5.74, 6) is 2.26. The van der Waals surface area contributed by atoms with Gasteiger partial charge in [0.15, 0.2) is 0 Å². The fraction of sp³-hybridized carbons (Fsp3) is 0.0769. The van der Waals surface area contributed by atoms with Crippen LogP contribution in [-0.2, 0) is 0 Å². The minimum atomic E-state index is 0.606. The molecule has 0 unspecified atom stereocenters. The highest BCUT2D eigenvalue weighted by Crippen LogP contribution is 2.23. The molecule has 0 spiro atoms. The lowest BCUT2D eigenvalue weighted by molar-refractivity contribution is 0.483. The zero-order chi connectivity index (χ0) is 11.2. The highest BCUT2D eigenvalue weighted by atomic mass is 32.1. The Balaban J connectivity index is 2.12. The maximum atomic E-state index is 5.70. The van der Waals surface area contributed by atoms with E-state index >= 15 is 0 Å². The second-order valence-electron chi connectivity index (χ2n) is 3.28. The Bertz CT molecular complexity index is 445. The van der Waals surface area contributed by atoms with Gasteiger partial charge in [0, 0.05) is 11.8 Å². The van der Waals surface area contributed by atoms with Crippen LogP contribution in [0.1, 0.15) is 0 Å². The molecule has 0 atom stereocenters. The van der Waals surface area contributed by atoms with Gasteiger partial charge in [0.1, 0.15) is 11.5 Å². The lowest BCUT2D eigenvalue weighted by atomic mass is 10.3. The van der Waals surface area contributed by atoms with Gasteiger partial charge in [-0.2, -0.15) is 12.6 Å². The Morgan fingerprint density at radius 1 is 0.938 bits per heavy atom. The summed E-state index contributed by atoms with van der Waals surface area (Å²) >= 11 is 4.11. The molecule has 0 heterocycles. The van der Waals surface area contributed by atoms with E-state index in [0.717, 1.165) is 17.2 Å². The third kappa shape index (κ3) is 2.94. The zero-order valence-corrected chi connectivity index (χ0v) is 9.65. The van der Waals surface area contributed by atoms with Crippen molar-refractivity contribution in [2.75, 3.05) is 11.2 Å². The Morgan fingerprint density at radius 2 is 1.69 bits per heavy atom. The van der Waals surface area contributed by atoms with E-state index in [4.69, 9.17) is 4.74 Å². The van der Waals surface area contributed by atoms with Gasteiger partial charge in [0.25, 0.3) is 0 Å². The van der Waals surface area contributed by atoms with Crippen molar-refractivity contribution >= 4 is 18.3 Å². The van der Waals surface area contributed by atoms with Crippen molar-refractivity contribution in [2.24, 2.45) is 0 Å². The number of hydrogen-bond acceptors (Lipinski definition) is 3. The van der Waals surface area contributed by atoms with Crippen LogP contribution in [0.3, 0.4) is 0 Å². The van der Waals surface area contributed by atoms with Gasteiger partial charge in [-0.05, 0) is 24.3 Å².